The topological polar surface area (TPSA) is 204 Å². The fraction of sp³-hybridized carbons (Fsp3) is 0.353. The van der Waals surface area contributed by atoms with E-state index in [0.29, 0.717) is 32.8 Å². The average molecular weight is 544 g/mol. The first-order valence-electron chi connectivity index (χ1n) is 9.54. The van der Waals surface area contributed by atoms with Crippen LogP contribution < -0.4 is 11.1 Å². The predicted octanol–water partition coefficient (Wildman–Crippen LogP) is -0.179. The van der Waals surface area contributed by atoms with Crippen molar-refractivity contribution in [2.45, 2.75) is 22.2 Å². The smallest absolute Gasteiger partial charge is 0.352 e. The number of hydrogen-bond acceptors (Lipinski definition) is 14. The Balaban J connectivity index is 1.45. The quantitative estimate of drug-likeness (QED) is 0.0918. The number of aliphatic hydroxyl groups is 1. The van der Waals surface area contributed by atoms with Crippen LogP contribution in [0, 0.1) is 0 Å². The average Bonchev–Trinajstić information content (AvgIpc) is 3.44. The third-order valence-electron chi connectivity index (χ3n) is 4.76. The van der Waals surface area contributed by atoms with E-state index in [0.717, 1.165) is 16.2 Å². The van der Waals surface area contributed by atoms with Crippen molar-refractivity contribution in [1.82, 2.24) is 25.4 Å². The van der Waals surface area contributed by atoms with Crippen molar-refractivity contribution < 1.29 is 29.8 Å². The minimum Gasteiger partial charge on any atom is -0.477 e. The molecule has 2 aliphatic rings. The predicted molar refractivity (Wildman–Crippen MR) is 126 cm³/mol. The number of nitrogens with zero attached hydrogens (tertiary/aromatic N) is 5. The molecule has 1 saturated heterocycles. The highest BCUT2D eigenvalue weighted by Crippen LogP contribution is 2.41. The molecule has 34 heavy (non-hydrogen) atoms. The molecule has 0 aliphatic carbocycles. The number of aliphatic hydroxyl groups excluding tert-OH is 1. The Labute approximate surface area is 208 Å². The molecule has 180 valence electrons. The van der Waals surface area contributed by atoms with E-state index >= 15 is 0 Å². The van der Waals surface area contributed by atoms with E-state index in [-0.39, 0.29) is 23.1 Å². The van der Waals surface area contributed by atoms with Gasteiger partial charge in [0.15, 0.2) is 15.2 Å². The number of thiazole rings is 1. The van der Waals surface area contributed by atoms with Crippen LogP contribution in [-0.4, -0.2) is 88.5 Å². The summed E-state index contributed by atoms with van der Waals surface area (Å²) in [6, 6.07) is -0.988. The van der Waals surface area contributed by atoms with E-state index in [1.807, 2.05) is 0 Å². The zero-order valence-corrected chi connectivity index (χ0v) is 20.3. The van der Waals surface area contributed by atoms with Crippen molar-refractivity contribution in [3.05, 3.63) is 27.4 Å². The highest BCUT2D eigenvalue weighted by Gasteiger charge is 2.54. The van der Waals surface area contributed by atoms with Crippen molar-refractivity contribution in [2.24, 2.45) is 5.16 Å². The number of thioether (sulfide) groups is 2. The first-order valence-corrected chi connectivity index (χ1v) is 13.3. The van der Waals surface area contributed by atoms with Crippen molar-refractivity contribution in [3.8, 4) is 0 Å². The number of oxime groups is 1. The van der Waals surface area contributed by atoms with Crippen LogP contribution in [0.3, 0.4) is 0 Å². The number of amides is 2. The fourth-order valence-corrected chi connectivity index (χ4v) is 7.17. The van der Waals surface area contributed by atoms with Crippen LogP contribution in [0.25, 0.3) is 0 Å². The first-order chi connectivity index (χ1) is 16.3. The normalized spacial score (nSPS) is 20.2. The van der Waals surface area contributed by atoms with E-state index in [9.17, 15) is 24.7 Å². The van der Waals surface area contributed by atoms with Gasteiger partial charge in [-0.05, 0) is 5.57 Å². The van der Waals surface area contributed by atoms with Gasteiger partial charge in [0.05, 0.1) is 0 Å². The van der Waals surface area contributed by atoms with Gasteiger partial charge in [-0.15, -0.1) is 33.3 Å². The summed E-state index contributed by atoms with van der Waals surface area (Å²) in [4.78, 5) is 42.4. The number of nitrogens with two attached hydrogens (primary N) is 1. The minimum absolute atomic E-state index is 0.0378. The molecular formula is C17H17N7O6S4. The third-order valence-corrected chi connectivity index (χ3v) is 8.98. The van der Waals surface area contributed by atoms with Crippen LogP contribution in [0.1, 0.15) is 10.7 Å². The lowest BCUT2D eigenvalue weighted by Crippen LogP contribution is -2.71. The number of nitrogens with one attached hydrogen (secondary N) is 1. The molecule has 0 bridgehead atoms. The lowest BCUT2D eigenvalue weighted by Gasteiger charge is -2.49. The molecule has 2 aromatic rings. The summed E-state index contributed by atoms with van der Waals surface area (Å²) in [6.07, 6.45) is 0.396. The molecule has 13 nitrogen and oxygen atoms in total. The summed E-state index contributed by atoms with van der Waals surface area (Å²) >= 11 is 4.99. The Hall–Kier alpha value is -2.73. The number of anilines is 1. The van der Waals surface area contributed by atoms with Crippen molar-refractivity contribution in [1.29, 1.82) is 0 Å². The monoisotopic (exact) mass is 543 g/mol. The van der Waals surface area contributed by atoms with Gasteiger partial charge < -0.3 is 26.5 Å². The van der Waals surface area contributed by atoms with E-state index < -0.39 is 34.9 Å². The summed E-state index contributed by atoms with van der Waals surface area (Å²) < 4.78 is 0.631. The number of rotatable bonds is 9. The number of nitrogen functional groups attached to an aromatic ring is 1. The minimum atomic E-state index is -1.24. The largest absolute Gasteiger partial charge is 0.477 e. The first kappa shape index (κ1) is 24.4. The Morgan fingerprint density at radius 3 is 2.82 bits per heavy atom. The standard InChI is InChI=1S/C17H17N7O6S4/c18-16-19-7(5-32-16)9(23-30)12(26)20-10-13(27)24-11(15(28)29)6(3-31-14(10)24)4-33-17-22-21-8(34-17)1-2-25/h5,10,14,25,30H,1-4H2,(H2,18,19)(H,20,26)(H,28,29)/b23-9-/t10?,14-/m1/s1. The van der Waals surface area contributed by atoms with Gasteiger partial charge in [0.2, 0.25) is 0 Å². The molecule has 4 heterocycles. The molecule has 6 N–H and O–H groups in total. The van der Waals surface area contributed by atoms with E-state index in [1.54, 1.807) is 0 Å². The Morgan fingerprint density at radius 1 is 1.38 bits per heavy atom. The zero-order valence-electron chi connectivity index (χ0n) is 17.1. The number of β-lactam (4-membered cyclic amide) rings is 1. The maximum absolute atomic E-state index is 12.8. The number of carboxylic acid groups (broad SMARTS) is 1. The van der Waals surface area contributed by atoms with E-state index in [2.05, 4.69) is 25.7 Å². The molecule has 0 radical (unpaired) electrons. The van der Waals surface area contributed by atoms with Gasteiger partial charge in [0, 0.05) is 29.9 Å². The van der Waals surface area contributed by atoms with Gasteiger partial charge in [-0.3, -0.25) is 14.5 Å². The summed E-state index contributed by atoms with van der Waals surface area (Å²) in [7, 11) is 0. The summed E-state index contributed by atoms with van der Waals surface area (Å²) in [6.45, 7) is -0.0378. The number of fused-ring (bicyclic) bond motifs is 1. The maximum atomic E-state index is 12.8. The molecule has 2 aromatic heterocycles. The summed E-state index contributed by atoms with van der Waals surface area (Å²) in [5.74, 6) is -2.03. The van der Waals surface area contributed by atoms with E-state index in [1.165, 1.54) is 40.2 Å². The van der Waals surface area contributed by atoms with E-state index in [4.69, 9.17) is 10.8 Å². The van der Waals surface area contributed by atoms with Crippen LogP contribution >= 0.6 is 46.2 Å². The molecular weight excluding hydrogens is 526 g/mol. The second kappa shape index (κ2) is 10.3. The van der Waals surface area contributed by atoms with Crippen LogP contribution in [-0.2, 0) is 20.8 Å². The second-order valence-corrected chi connectivity index (χ2v) is 11.1. The Bertz CT molecular complexity index is 1190. The Kier molecular flexibility index (Phi) is 7.36. The number of carbonyl (C=O) groups is 3. The molecule has 17 heteroatoms. The van der Waals surface area contributed by atoms with Gasteiger partial charge in [-0.1, -0.05) is 28.3 Å². The SMILES string of the molecule is Nc1nc(/C(=N/O)C(=O)NC2C(=O)N3C(C(=O)O)=C(CSc4nnc(CCO)s4)CS[C@H]23)cs1. The number of aromatic nitrogens is 3. The molecule has 0 spiro atoms. The summed E-state index contributed by atoms with van der Waals surface area (Å²) in [5.41, 5.74) is 5.64. The molecule has 4 rings (SSSR count). The van der Waals surface area contributed by atoms with Crippen molar-refractivity contribution in [3.63, 3.8) is 0 Å². The number of carbonyl (C=O) groups excluding carboxylic acids is 2. The molecule has 2 amide bonds. The zero-order chi connectivity index (χ0) is 24.4. The lowest BCUT2D eigenvalue weighted by molar-refractivity contribution is -0.150. The third kappa shape index (κ3) is 4.74. The van der Waals surface area contributed by atoms with Gasteiger partial charge in [-0.25, -0.2) is 9.78 Å². The van der Waals surface area contributed by atoms with Crippen LogP contribution in [0.2, 0.25) is 0 Å². The molecule has 2 atom stereocenters. The lowest BCUT2D eigenvalue weighted by atomic mass is 10.0. The molecule has 1 unspecified atom stereocenters. The van der Waals surface area contributed by atoms with Gasteiger partial charge in [-0.2, -0.15) is 0 Å². The highest BCUT2D eigenvalue weighted by molar-refractivity contribution is 8.01. The molecule has 0 aromatic carbocycles. The van der Waals surface area contributed by atoms with Crippen molar-refractivity contribution >= 4 is 74.8 Å². The number of carboxylic acids is 1. The maximum Gasteiger partial charge on any atom is 0.352 e. The highest BCUT2D eigenvalue weighted by atomic mass is 32.2. The van der Waals surface area contributed by atoms with Gasteiger partial charge in [0.25, 0.3) is 11.8 Å². The van der Waals surface area contributed by atoms with Gasteiger partial charge in [0.1, 0.15) is 27.8 Å². The number of hydrogen-bond donors (Lipinski definition) is 5. The number of aliphatic carboxylic acids is 1. The molecule has 2 aliphatic heterocycles. The second-order valence-electron chi connectivity index (χ2n) is 6.86. The summed E-state index contributed by atoms with van der Waals surface area (Å²) in [5, 5.41) is 43.1. The Morgan fingerprint density at radius 2 is 2.18 bits per heavy atom. The molecule has 1 fully saturated rings. The van der Waals surface area contributed by atoms with Crippen molar-refractivity contribution in [2.75, 3.05) is 23.8 Å². The van der Waals surface area contributed by atoms with Crippen LogP contribution in [0.5, 0.6) is 0 Å². The molecule has 0 saturated carbocycles. The van der Waals surface area contributed by atoms with Crippen LogP contribution in [0.15, 0.2) is 26.1 Å². The fourth-order valence-electron chi connectivity index (χ4n) is 3.26. The van der Waals surface area contributed by atoms with Crippen LogP contribution in [0.4, 0.5) is 5.13 Å². The van der Waals surface area contributed by atoms with Gasteiger partial charge >= 0.3 is 5.97 Å².